The van der Waals surface area contributed by atoms with Crippen molar-refractivity contribution in [3.8, 4) is 0 Å². The molecule has 6 heteroatoms. The van der Waals surface area contributed by atoms with Gasteiger partial charge in [-0.2, -0.15) is 0 Å². The van der Waals surface area contributed by atoms with Crippen LogP contribution in [0.25, 0.3) is 0 Å². The third-order valence-corrected chi connectivity index (χ3v) is 2.74. The van der Waals surface area contributed by atoms with Crippen LogP contribution in [0.3, 0.4) is 0 Å². The Morgan fingerprint density at radius 2 is 2.05 bits per heavy atom. The van der Waals surface area contributed by atoms with Crippen molar-refractivity contribution in [2.75, 3.05) is 13.2 Å². The van der Waals surface area contributed by atoms with Crippen LogP contribution in [0.4, 0.5) is 9.18 Å². The molecule has 1 aliphatic rings. The Balaban J connectivity index is 2.96. The van der Waals surface area contributed by atoms with Gasteiger partial charge in [0.05, 0.1) is 6.61 Å². The third kappa shape index (κ3) is 3.05. The maximum Gasteiger partial charge on any atom is 0.411 e. The molecule has 0 aromatic heterocycles. The van der Waals surface area contributed by atoms with E-state index in [-0.39, 0.29) is 13.2 Å². The Hall–Kier alpha value is -1.59. The highest BCUT2D eigenvalue weighted by atomic mass is 19.1. The van der Waals surface area contributed by atoms with Gasteiger partial charge in [0.25, 0.3) is 0 Å². The topological polar surface area (TPSA) is 55.8 Å². The molecule has 5 nitrogen and oxygen atoms in total. The number of hydrogen-bond donors (Lipinski definition) is 0. The summed E-state index contributed by atoms with van der Waals surface area (Å²) in [7, 11) is 0. The number of ether oxygens (including phenoxy) is 2. The number of carbonyl (C=O) groups excluding carboxylic acids is 2. The van der Waals surface area contributed by atoms with Crippen LogP contribution >= 0.6 is 0 Å². The van der Waals surface area contributed by atoms with Crippen molar-refractivity contribution in [2.24, 2.45) is 0 Å². The largest absolute Gasteiger partial charge is 0.464 e. The molecule has 0 spiro atoms. The van der Waals surface area contributed by atoms with Crippen LogP contribution in [0, 0.1) is 0 Å². The first kappa shape index (κ1) is 15.5. The van der Waals surface area contributed by atoms with Crippen molar-refractivity contribution in [3.05, 3.63) is 11.9 Å². The molecule has 0 N–H and O–H groups in total. The normalized spacial score (nSPS) is 23.1. The van der Waals surface area contributed by atoms with Crippen molar-refractivity contribution in [2.45, 2.75) is 45.8 Å². The van der Waals surface area contributed by atoms with E-state index in [1.54, 1.807) is 27.7 Å². The van der Waals surface area contributed by atoms with Gasteiger partial charge in [0.15, 0.2) is 5.54 Å². The predicted octanol–water partition coefficient (Wildman–Crippen LogP) is 2.41. The van der Waals surface area contributed by atoms with Crippen LogP contribution in [0.2, 0.25) is 0 Å². The average molecular weight is 273 g/mol. The minimum absolute atomic E-state index is 0.0178. The third-order valence-electron chi connectivity index (χ3n) is 2.74. The van der Waals surface area contributed by atoms with Crippen molar-refractivity contribution in [1.29, 1.82) is 0 Å². The van der Waals surface area contributed by atoms with Crippen LogP contribution < -0.4 is 0 Å². The minimum Gasteiger partial charge on any atom is -0.464 e. The lowest BCUT2D eigenvalue weighted by Gasteiger charge is -2.34. The van der Waals surface area contributed by atoms with Crippen LogP contribution in [0.15, 0.2) is 11.9 Å². The van der Waals surface area contributed by atoms with E-state index < -0.39 is 29.0 Å². The lowest BCUT2D eigenvalue weighted by molar-refractivity contribution is -0.153. The van der Waals surface area contributed by atoms with E-state index in [0.29, 0.717) is 0 Å². The molecule has 19 heavy (non-hydrogen) atoms. The summed E-state index contributed by atoms with van der Waals surface area (Å²) in [6.45, 7) is 8.13. The molecule has 1 rings (SSSR count). The van der Waals surface area contributed by atoms with Crippen LogP contribution in [0.1, 0.15) is 34.6 Å². The Kier molecular flexibility index (Phi) is 4.22. The summed E-state index contributed by atoms with van der Waals surface area (Å²) in [6, 6.07) is 0. The molecule has 108 valence electrons. The second-order valence-corrected chi connectivity index (χ2v) is 5.44. The van der Waals surface area contributed by atoms with Crippen molar-refractivity contribution >= 4 is 12.1 Å². The quantitative estimate of drug-likeness (QED) is 0.725. The van der Waals surface area contributed by atoms with Gasteiger partial charge in [-0.1, -0.05) is 0 Å². The SMILES string of the molecule is CCOC(=O)[C@@]1(C)C(F)=CCN1C(=O)OC(C)(C)C. The summed E-state index contributed by atoms with van der Waals surface area (Å²) in [6.07, 6.45) is 0.438. The number of rotatable bonds is 2. The van der Waals surface area contributed by atoms with Crippen LogP contribution in [0.5, 0.6) is 0 Å². The molecule has 1 aliphatic heterocycles. The van der Waals surface area contributed by atoms with Gasteiger partial charge in [0.1, 0.15) is 11.4 Å². The summed E-state index contributed by atoms with van der Waals surface area (Å²) in [5.74, 6) is -1.50. The molecular formula is C13H20FNO4. The van der Waals surface area contributed by atoms with Gasteiger partial charge in [-0.3, -0.25) is 4.90 Å². The molecule has 0 aromatic rings. The van der Waals surface area contributed by atoms with Gasteiger partial charge in [-0.15, -0.1) is 0 Å². The predicted molar refractivity (Wildman–Crippen MR) is 67.2 cm³/mol. The monoisotopic (exact) mass is 273 g/mol. The van der Waals surface area contributed by atoms with Gasteiger partial charge < -0.3 is 9.47 Å². The molecular weight excluding hydrogens is 253 g/mol. The molecule has 0 saturated heterocycles. The van der Waals surface area contributed by atoms with E-state index in [1.807, 2.05) is 0 Å². The Morgan fingerprint density at radius 1 is 1.47 bits per heavy atom. The summed E-state index contributed by atoms with van der Waals surface area (Å²) in [5, 5.41) is 0. The summed E-state index contributed by atoms with van der Waals surface area (Å²) in [4.78, 5) is 25.0. The lowest BCUT2D eigenvalue weighted by atomic mass is 10.0. The molecule has 1 atom stereocenters. The van der Waals surface area contributed by atoms with E-state index in [0.717, 1.165) is 4.90 Å². The van der Waals surface area contributed by atoms with Crippen molar-refractivity contribution < 1.29 is 23.5 Å². The van der Waals surface area contributed by atoms with Crippen molar-refractivity contribution in [1.82, 2.24) is 4.90 Å². The van der Waals surface area contributed by atoms with E-state index in [4.69, 9.17) is 9.47 Å². The molecule has 0 aromatic carbocycles. The molecule has 0 saturated carbocycles. The molecule has 0 unspecified atom stereocenters. The van der Waals surface area contributed by atoms with E-state index in [1.165, 1.54) is 13.0 Å². The van der Waals surface area contributed by atoms with E-state index in [9.17, 15) is 14.0 Å². The molecule has 0 aliphatic carbocycles. The first-order valence-electron chi connectivity index (χ1n) is 6.17. The number of esters is 1. The highest BCUT2D eigenvalue weighted by Gasteiger charge is 2.52. The van der Waals surface area contributed by atoms with E-state index >= 15 is 0 Å². The number of carbonyl (C=O) groups is 2. The first-order chi connectivity index (χ1) is 8.63. The van der Waals surface area contributed by atoms with Gasteiger partial charge >= 0.3 is 12.1 Å². The average Bonchev–Trinajstić information content (AvgIpc) is 2.55. The smallest absolute Gasteiger partial charge is 0.411 e. The van der Waals surface area contributed by atoms with Crippen LogP contribution in [-0.4, -0.2) is 41.3 Å². The van der Waals surface area contributed by atoms with Crippen LogP contribution in [-0.2, 0) is 14.3 Å². The first-order valence-corrected chi connectivity index (χ1v) is 6.17. The second-order valence-electron chi connectivity index (χ2n) is 5.44. The molecule has 0 fully saturated rings. The maximum atomic E-state index is 13.9. The highest BCUT2D eigenvalue weighted by molar-refractivity contribution is 5.89. The van der Waals surface area contributed by atoms with Crippen molar-refractivity contribution in [3.63, 3.8) is 0 Å². The zero-order chi connectivity index (χ0) is 14.8. The summed E-state index contributed by atoms with van der Waals surface area (Å²) >= 11 is 0. The number of halogens is 1. The number of nitrogens with zero attached hydrogens (tertiary/aromatic N) is 1. The van der Waals surface area contributed by atoms with Gasteiger partial charge in [0, 0.05) is 6.54 Å². The summed E-state index contributed by atoms with van der Waals surface area (Å²) < 4.78 is 23.9. The fraction of sp³-hybridized carbons (Fsp3) is 0.692. The van der Waals surface area contributed by atoms with E-state index in [2.05, 4.69) is 0 Å². The lowest BCUT2D eigenvalue weighted by Crippen LogP contribution is -2.54. The highest BCUT2D eigenvalue weighted by Crippen LogP contribution is 2.33. The zero-order valence-electron chi connectivity index (χ0n) is 11.9. The minimum atomic E-state index is -1.74. The summed E-state index contributed by atoms with van der Waals surface area (Å²) in [5.41, 5.74) is -2.45. The van der Waals surface area contributed by atoms with Gasteiger partial charge in [0.2, 0.25) is 0 Å². The Morgan fingerprint density at radius 3 is 2.53 bits per heavy atom. The van der Waals surface area contributed by atoms with Gasteiger partial charge in [-0.25, -0.2) is 14.0 Å². The fourth-order valence-electron chi connectivity index (χ4n) is 1.74. The number of hydrogen-bond acceptors (Lipinski definition) is 4. The Labute approximate surface area is 112 Å². The molecule has 1 amide bonds. The Bertz CT molecular complexity index is 413. The second kappa shape index (κ2) is 5.19. The molecule has 0 radical (unpaired) electrons. The zero-order valence-corrected chi connectivity index (χ0v) is 11.9. The standard InChI is InChI=1S/C13H20FNO4/c1-6-18-10(16)13(5)9(14)7-8-15(13)11(17)19-12(2,3)4/h7H,6,8H2,1-5H3/t13-/m1/s1. The fourth-order valence-corrected chi connectivity index (χ4v) is 1.74. The molecule has 1 heterocycles. The number of amides is 1. The maximum absolute atomic E-state index is 13.9. The van der Waals surface area contributed by atoms with Gasteiger partial charge in [-0.05, 0) is 40.7 Å². The molecule has 0 bridgehead atoms.